The molecule has 0 radical (unpaired) electrons. The van der Waals surface area contributed by atoms with Gasteiger partial charge in [0.05, 0.1) is 12.4 Å². The van der Waals surface area contributed by atoms with Gasteiger partial charge >= 0.3 is 5.97 Å². The number of carbonyl (C=O) groups excluding carboxylic acids is 1. The third-order valence-electron chi connectivity index (χ3n) is 3.00. The van der Waals surface area contributed by atoms with Gasteiger partial charge in [0.15, 0.2) is 9.84 Å². The van der Waals surface area contributed by atoms with Crippen molar-refractivity contribution in [3.05, 3.63) is 35.9 Å². The number of carbonyl (C=O) groups is 1. The van der Waals surface area contributed by atoms with Crippen LogP contribution in [0.1, 0.15) is 24.9 Å². The van der Waals surface area contributed by atoms with Crippen LogP contribution in [0.25, 0.3) is 0 Å². The molecule has 0 saturated carbocycles. The molecule has 0 saturated heterocycles. The second-order valence-corrected chi connectivity index (χ2v) is 6.49. The molecule has 0 fully saturated rings. The summed E-state index contributed by atoms with van der Waals surface area (Å²) in [6.07, 6.45) is 0.343. The van der Waals surface area contributed by atoms with Gasteiger partial charge in [-0.25, -0.2) is 8.42 Å². The number of hydrogen-bond acceptors (Lipinski definition) is 5. The van der Waals surface area contributed by atoms with Gasteiger partial charge in [-0.15, -0.1) is 0 Å². The Morgan fingerprint density at radius 2 is 1.89 bits per heavy atom. The summed E-state index contributed by atoms with van der Waals surface area (Å²) in [5, 5.41) is -0.797. The molecular formula is C13H19NO4S. The van der Waals surface area contributed by atoms with Gasteiger partial charge in [-0.2, -0.15) is 0 Å². The van der Waals surface area contributed by atoms with E-state index in [1.54, 1.807) is 31.2 Å². The highest BCUT2D eigenvalue weighted by molar-refractivity contribution is 7.92. The molecule has 1 rings (SSSR count). The molecule has 0 amide bonds. The zero-order valence-corrected chi connectivity index (χ0v) is 11.9. The molecule has 0 aliphatic rings. The van der Waals surface area contributed by atoms with Crippen LogP contribution in [0, 0.1) is 0 Å². The molecule has 1 aromatic rings. The van der Waals surface area contributed by atoms with Gasteiger partial charge in [0.2, 0.25) is 0 Å². The lowest BCUT2D eigenvalue weighted by atomic mass is 10.0. The Bertz CT molecular complexity index is 513. The predicted molar refractivity (Wildman–Crippen MR) is 73.3 cm³/mol. The van der Waals surface area contributed by atoms with E-state index in [0.29, 0.717) is 6.42 Å². The van der Waals surface area contributed by atoms with E-state index in [9.17, 15) is 13.2 Å². The zero-order valence-electron chi connectivity index (χ0n) is 11.1. The molecule has 5 nitrogen and oxygen atoms in total. The lowest BCUT2D eigenvalue weighted by Gasteiger charge is -2.22. The van der Waals surface area contributed by atoms with Crippen molar-refractivity contribution in [2.24, 2.45) is 5.73 Å². The Kier molecular flexibility index (Phi) is 5.50. The van der Waals surface area contributed by atoms with Gasteiger partial charge in [-0.05, 0) is 12.0 Å². The summed E-state index contributed by atoms with van der Waals surface area (Å²) in [6, 6.07) is 8.34. The largest absolute Gasteiger partial charge is 0.468 e. The molecule has 2 N–H and O–H groups in total. The second-order valence-electron chi connectivity index (χ2n) is 4.27. The van der Waals surface area contributed by atoms with Gasteiger partial charge in [0.25, 0.3) is 0 Å². The Morgan fingerprint density at radius 1 is 1.32 bits per heavy atom. The Labute approximate surface area is 113 Å². The van der Waals surface area contributed by atoms with E-state index >= 15 is 0 Å². The van der Waals surface area contributed by atoms with E-state index in [1.165, 1.54) is 0 Å². The lowest BCUT2D eigenvalue weighted by molar-refractivity contribution is -0.137. The SMILES string of the molecule is CCC(C(N)c1ccccc1)S(=O)(=O)CC(=O)OC. The summed E-state index contributed by atoms with van der Waals surface area (Å²) < 4.78 is 28.7. The Hall–Kier alpha value is -1.40. The van der Waals surface area contributed by atoms with E-state index in [1.807, 2.05) is 6.07 Å². The number of methoxy groups -OCH3 is 1. The fraction of sp³-hybridized carbons (Fsp3) is 0.462. The van der Waals surface area contributed by atoms with Crippen LogP contribution in [-0.4, -0.2) is 32.5 Å². The first-order valence-electron chi connectivity index (χ1n) is 6.01. The number of esters is 1. The second kappa shape index (κ2) is 6.68. The third-order valence-corrected chi connectivity index (χ3v) is 5.18. The topological polar surface area (TPSA) is 86.5 Å². The number of hydrogen-bond donors (Lipinski definition) is 1. The molecule has 0 heterocycles. The Morgan fingerprint density at radius 3 is 2.37 bits per heavy atom. The molecule has 0 aliphatic carbocycles. The number of sulfone groups is 1. The summed E-state index contributed by atoms with van der Waals surface area (Å²) in [6.45, 7) is 1.74. The van der Waals surface area contributed by atoms with Crippen LogP contribution < -0.4 is 5.73 Å². The number of rotatable bonds is 6. The van der Waals surface area contributed by atoms with Crippen LogP contribution >= 0.6 is 0 Å². The molecule has 6 heteroatoms. The normalized spacial score (nSPS) is 14.7. The van der Waals surface area contributed by atoms with Crippen molar-refractivity contribution in [3.63, 3.8) is 0 Å². The molecule has 0 aromatic heterocycles. The van der Waals surface area contributed by atoms with Crippen molar-refractivity contribution in [2.75, 3.05) is 12.9 Å². The smallest absolute Gasteiger partial charge is 0.320 e. The van der Waals surface area contributed by atoms with Crippen LogP contribution in [0.15, 0.2) is 30.3 Å². The van der Waals surface area contributed by atoms with Crippen LogP contribution in [-0.2, 0) is 19.4 Å². The number of nitrogens with two attached hydrogens (primary N) is 1. The zero-order chi connectivity index (χ0) is 14.5. The Balaban J connectivity index is 2.97. The van der Waals surface area contributed by atoms with Crippen molar-refractivity contribution >= 4 is 15.8 Å². The van der Waals surface area contributed by atoms with Crippen molar-refractivity contribution < 1.29 is 17.9 Å². The van der Waals surface area contributed by atoms with Crippen LogP contribution in [0.2, 0.25) is 0 Å². The number of benzene rings is 1. The molecule has 0 bridgehead atoms. The molecule has 0 aliphatic heterocycles. The van der Waals surface area contributed by atoms with Gasteiger partial charge in [-0.3, -0.25) is 4.79 Å². The predicted octanol–water partition coefficient (Wildman–Crippen LogP) is 1.05. The van der Waals surface area contributed by atoms with Crippen molar-refractivity contribution in [2.45, 2.75) is 24.6 Å². The first-order chi connectivity index (χ1) is 8.92. The first-order valence-corrected chi connectivity index (χ1v) is 7.72. The molecule has 2 unspecified atom stereocenters. The van der Waals surface area contributed by atoms with Gasteiger partial charge in [0.1, 0.15) is 5.75 Å². The van der Waals surface area contributed by atoms with Crippen molar-refractivity contribution in [3.8, 4) is 0 Å². The van der Waals surface area contributed by atoms with Gasteiger partial charge in [-0.1, -0.05) is 37.3 Å². The lowest BCUT2D eigenvalue weighted by Crippen LogP contribution is -2.36. The summed E-state index contributed by atoms with van der Waals surface area (Å²) in [7, 11) is -2.47. The minimum absolute atomic E-state index is 0.343. The van der Waals surface area contributed by atoms with Gasteiger partial charge in [0, 0.05) is 6.04 Å². The maximum absolute atomic E-state index is 12.2. The van der Waals surface area contributed by atoms with E-state index in [4.69, 9.17) is 5.73 Å². The minimum atomic E-state index is -3.63. The minimum Gasteiger partial charge on any atom is -0.468 e. The maximum Gasteiger partial charge on any atom is 0.320 e. The highest BCUT2D eigenvalue weighted by Gasteiger charge is 2.32. The van der Waals surface area contributed by atoms with Gasteiger partial charge < -0.3 is 10.5 Å². The molecule has 0 spiro atoms. The average Bonchev–Trinajstić information content (AvgIpc) is 2.39. The first kappa shape index (κ1) is 15.7. The fourth-order valence-corrected chi connectivity index (χ4v) is 3.72. The molecule has 19 heavy (non-hydrogen) atoms. The monoisotopic (exact) mass is 285 g/mol. The summed E-state index contributed by atoms with van der Waals surface area (Å²) in [4.78, 5) is 11.2. The molecule has 1 aromatic carbocycles. The third kappa shape index (κ3) is 4.04. The summed E-state index contributed by atoms with van der Waals surface area (Å²) >= 11 is 0. The van der Waals surface area contributed by atoms with Crippen molar-refractivity contribution in [1.29, 1.82) is 0 Å². The average molecular weight is 285 g/mol. The molecule has 2 atom stereocenters. The van der Waals surface area contributed by atoms with Crippen LogP contribution in [0.5, 0.6) is 0 Å². The van der Waals surface area contributed by atoms with E-state index in [-0.39, 0.29) is 0 Å². The summed E-state index contributed by atoms with van der Waals surface area (Å²) in [5.74, 6) is -1.40. The molecular weight excluding hydrogens is 266 g/mol. The summed E-state index contributed by atoms with van der Waals surface area (Å²) in [5.41, 5.74) is 6.76. The highest BCUT2D eigenvalue weighted by Crippen LogP contribution is 2.23. The van der Waals surface area contributed by atoms with Crippen LogP contribution in [0.3, 0.4) is 0 Å². The molecule has 106 valence electrons. The quantitative estimate of drug-likeness (QED) is 0.790. The van der Waals surface area contributed by atoms with Crippen molar-refractivity contribution in [1.82, 2.24) is 0 Å². The van der Waals surface area contributed by atoms with E-state index in [0.717, 1.165) is 12.7 Å². The van der Waals surface area contributed by atoms with E-state index in [2.05, 4.69) is 4.74 Å². The highest BCUT2D eigenvalue weighted by atomic mass is 32.2. The maximum atomic E-state index is 12.2. The fourth-order valence-electron chi connectivity index (χ4n) is 1.95. The standard InChI is InChI=1S/C13H19NO4S/c1-3-11(19(16,17)9-12(15)18-2)13(14)10-7-5-4-6-8-10/h4-8,11,13H,3,9,14H2,1-2H3. The number of ether oxygens (including phenoxy) is 1. The van der Waals surface area contributed by atoms with E-state index < -0.39 is 32.9 Å². The van der Waals surface area contributed by atoms with Crippen LogP contribution in [0.4, 0.5) is 0 Å².